The van der Waals surface area contributed by atoms with Crippen LogP contribution in [0.4, 0.5) is 0 Å². The summed E-state index contributed by atoms with van der Waals surface area (Å²) in [7, 11) is 0. The summed E-state index contributed by atoms with van der Waals surface area (Å²) in [4.78, 5) is 0. The van der Waals surface area contributed by atoms with Crippen LogP contribution in [0.3, 0.4) is 0 Å². The molecule has 0 heterocycles. The molecule has 3 atom stereocenters. The Morgan fingerprint density at radius 1 is 1.27 bits per heavy atom. The Hall–Kier alpha value is -0.0800. The van der Waals surface area contributed by atoms with Crippen molar-refractivity contribution in [3.63, 3.8) is 0 Å². The Morgan fingerprint density at radius 2 is 1.93 bits per heavy atom. The second kappa shape index (κ2) is 5.31. The van der Waals surface area contributed by atoms with Crippen LogP contribution in [0, 0.1) is 5.92 Å². The highest BCUT2D eigenvalue weighted by Gasteiger charge is 2.30. The van der Waals surface area contributed by atoms with Crippen LogP contribution in [-0.4, -0.2) is 22.8 Å². The Morgan fingerprint density at radius 3 is 2.40 bits per heavy atom. The summed E-state index contributed by atoms with van der Waals surface area (Å²) in [6, 6.07) is 0.304. The van der Waals surface area contributed by atoms with Gasteiger partial charge in [0.15, 0.2) is 0 Å². The first-order valence-electron chi connectivity index (χ1n) is 6.38. The standard InChI is InChI=1S/C13H27NO/c1-5-6-10-7-8-11(12(15)9-10)14-13(2,3)4/h10-12,14-15H,5-9H2,1-4H3. The molecule has 0 bridgehead atoms. The van der Waals surface area contributed by atoms with Gasteiger partial charge in [0.05, 0.1) is 6.10 Å². The molecule has 1 aliphatic rings. The first-order valence-corrected chi connectivity index (χ1v) is 6.38. The molecule has 0 amide bonds. The average molecular weight is 213 g/mol. The molecule has 2 heteroatoms. The lowest BCUT2D eigenvalue weighted by Gasteiger charge is -2.37. The van der Waals surface area contributed by atoms with Gasteiger partial charge in [0.2, 0.25) is 0 Å². The molecule has 3 unspecified atom stereocenters. The SMILES string of the molecule is CCCC1CCC(NC(C)(C)C)C(O)C1. The lowest BCUT2D eigenvalue weighted by atomic mass is 9.81. The van der Waals surface area contributed by atoms with E-state index in [1.54, 1.807) is 0 Å². The smallest absolute Gasteiger partial charge is 0.0696 e. The Balaban J connectivity index is 2.39. The third-order valence-electron chi connectivity index (χ3n) is 3.24. The van der Waals surface area contributed by atoms with Crippen molar-refractivity contribution in [2.75, 3.05) is 0 Å². The lowest BCUT2D eigenvalue weighted by Crippen LogP contribution is -2.51. The summed E-state index contributed by atoms with van der Waals surface area (Å²) in [5, 5.41) is 13.6. The molecule has 1 saturated carbocycles. The van der Waals surface area contributed by atoms with Crippen LogP contribution >= 0.6 is 0 Å². The molecule has 2 nitrogen and oxygen atoms in total. The molecule has 0 aromatic rings. The summed E-state index contributed by atoms with van der Waals surface area (Å²) >= 11 is 0. The maximum atomic E-state index is 10.1. The summed E-state index contributed by atoms with van der Waals surface area (Å²) in [5.41, 5.74) is 0.114. The van der Waals surface area contributed by atoms with Crippen LogP contribution in [0.15, 0.2) is 0 Å². The van der Waals surface area contributed by atoms with Gasteiger partial charge in [-0.3, -0.25) is 0 Å². The van der Waals surface area contributed by atoms with E-state index in [0.29, 0.717) is 6.04 Å². The van der Waals surface area contributed by atoms with Gasteiger partial charge in [0.1, 0.15) is 0 Å². The normalized spacial score (nSPS) is 33.0. The van der Waals surface area contributed by atoms with E-state index in [1.807, 2.05) is 0 Å². The van der Waals surface area contributed by atoms with E-state index in [4.69, 9.17) is 0 Å². The summed E-state index contributed by atoms with van der Waals surface area (Å²) in [5.74, 6) is 0.753. The van der Waals surface area contributed by atoms with E-state index in [1.165, 1.54) is 19.3 Å². The Kier molecular flexibility index (Phi) is 4.60. The molecule has 0 spiro atoms. The van der Waals surface area contributed by atoms with Crippen LogP contribution in [0.5, 0.6) is 0 Å². The van der Waals surface area contributed by atoms with Crippen molar-refractivity contribution in [2.24, 2.45) is 5.92 Å². The predicted molar refractivity (Wildman–Crippen MR) is 64.9 cm³/mol. The largest absolute Gasteiger partial charge is 0.391 e. The molecule has 15 heavy (non-hydrogen) atoms. The van der Waals surface area contributed by atoms with Crippen molar-refractivity contribution in [2.45, 2.75) is 77.5 Å². The highest BCUT2D eigenvalue weighted by molar-refractivity contribution is 4.88. The minimum atomic E-state index is -0.144. The quantitative estimate of drug-likeness (QED) is 0.755. The van der Waals surface area contributed by atoms with Gasteiger partial charge in [-0.15, -0.1) is 0 Å². The molecule has 1 fully saturated rings. The van der Waals surface area contributed by atoms with Gasteiger partial charge in [-0.05, 0) is 46.0 Å². The first kappa shape index (κ1) is 13.0. The van der Waals surface area contributed by atoms with Crippen molar-refractivity contribution in [3.05, 3.63) is 0 Å². The van der Waals surface area contributed by atoms with E-state index >= 15 is 0 Å². The Bertz CT molecular complexity index is 185. The van der Waals surface area contributed by atoms with Gasteiger partial charge < -0.3 is 10.4 Å². The minimum Gasteiger partial charge on any atom is -0.391 e. The summed E-state index contributed by atoms with van der Waals surface area (Å²) in [6.45, 7) is 8.72. The average Bonchev–Trinajstić information content (AvgIpc) is 2.08. The van der Waals surface area contributed by atoms with E-state index in [-0.39, 0.29) is 11.6 Å². The topological polar surface area (TPSA) is 32.3 Å². The second-order valence-corrected chi connectivity index (χ2v) is 6.04. The van der Waals surface area contributed by atoms with Gasteiger partial charge in [0, 0.05) is 11.6 Å². The number of aliphatic hydroxyl groups excluding tert-OH is 1. The molecular weight excluding hydrogens is 186 g/mol. The highest BCUT2D eigenvalue weighted by atomic mass is 16.3. The van der Waals surface area contributed by atoms with Gasteiger partial charge in [-0.2, -0.15) is 0 Å². The van der Waals surface area contributed by atoms with E-state index < -0.39 is 0 Å². The maximum Gasteiger partial charge on any atom is 0.0696 e. The molecule has 0 aromatic carbocycles. The van der Waals surface area contributed by atoms with Gasteiger partial charge in [-0.25, -0.2) is 0 Å². The van der Waals surface area contributed by atoms with Crippen LogP contribution < -0.4 is 5.32 Å². The van der Waals surface area contributed by atoms with Crippen molar-refractivity contribution in [3.8, 4) is 0 Å². The number of hydrogen-bond donors (Lipinski definition) is 2. The molecule has 0 radical (unpaired) electrons. The second-order valence-electron chi connectivity index (χ2n) is 6.04. The molecule has 2 N–H and O–H groups in total. The summed E-state index contributed by atoms with van der Waals surface area (Å²) < 4.78 is 0. The molecule has 0 aromatic heterocycles. The van der Waals surface area contributed by atoms with Crippen LogP contribution in [0.2, 0.25) is 0 Å². The van der Waals surface area contributed by atoms with E-state index in [0.717, 1.165) is 18.8 Å². The fourth-order valence-corrected chi connectivity index (χ4v) is 2.63. The number of aliphatic hydroxyl groups is 1. The number of rotatable bonds is 3. The molecule has 1 aliphatic carbocycles. The highest BCUT2D eigenvalue weighted by Crippen LogP contribution is 2.28. The van der Waals surface area contributed by atoms with Crippen molar-refractivity contribution in [1.82, 2.24) is 5.32 Å². The van der Waals surface area contributed by atoms with Crippen LogP contribution in [0.25, 0.3) is 0 Å². The van der Waals surface area contributed by atoms with E-state index in [2.05, 4.69) is 33.0 Å². The zero-order valence-corrected chi connectivity index (χ0v) is 10.7. The minimum absolute atomic E-state index is 0.114. The fourth-order valence-electron chi connectivity index (χ4n) is 2.63. The molecule has 90 valence electrons. The third kappa shape index (κ3) is 4.52. The maximum absolute atomic E-state index is 10.1. The van der Waals surface area contributed by atoms with Crippen molar-refractivity contribution < 1.29 is 5.11 Å². The van der Waals surface area contributed by atoms with Gasteiger partial charge in [0.25, 0.3) is 0 Å². The number of nitrogens with one attached hydrogen (secondary N) is 1. The molecule has 1 rings (SSSR count). The van der Waals surface area contributed by atoms with Crippen LogP contribution in [-0.2, 0) is 0 Å². The van der Waals surface area contributed by atoms with Gasteiger partial charge >= 0.3 is 0 Å². The molecule has 0 aliphatic heterocycles. The van der Waals surface area contributed by atoms with Crippen LogP contribution in [0.1, 0.15) is 59.8 Å². The van der Waals surface area contributed by atoms with E-state index in [9.17, 15) is 5.11 Å². The zero-order valence-electron chi connectivity index (χ0n) is 10.7. The van der Waals surface area contributed by atoms with Crippen molar-refractivity contribution in [1.29, 1.82) is 0 Å². The molecular formula is C13H27NO. The molecule has 0 saturated heterocycles. The predicted octanol–water partition coefficient (Wildman–Crippen LogP) is 2.70. The lowest BCUT2D eigenvalue weighted by molar-refractivity contribution is 0.0520. The fraction of sp³-hybridized carbons (Fsp3) is 1.00. The summed E-state index contributed by atoms with van der Waals surface area (Å²) in [6.07, 6.45) is 5.77. The Labute approximate surface area is 94.5 Å². The van der Waals surface area contributed by atoms with Gasteiger partial charge in [-0.1, -0.05) is 19.8 Å². The van der Waals surface area contributed by atoms with Crippen molar-refractivity contribution >= 4 is 0 Å². The first-order chi connectivity index (χ1) is 6.92. The number of hydrogen-bond acceptors (Lipinski definition) is 2. The monoisotopic (exact) mass is 213 g/mol. The zero-order chi connectivity index (χ0) is 11.5. The third-order valence-corrected chi connectivity index (χ3v) is 3.24.